The minimum absolute atomic E-state index is 0.102. The number of hydrogen-bond acceptors (Lipinski definition) is 5. The number of aromatic hydroxyl groups is 1. The van der Waals surface area contributed by atoms with Crippen molar-refractivity contribution in [3.05, 3.63) is 71.5 Å². The van der Waals surface area contributed by atoms with Gasteiger partial charge in [-0.15, -0.1) is 0 Å². The Morgan fingerprint density at radius 3 is 2.89 bits per heavy atom. The lowest BCUT2D eigenvalue weighted by Crippen LogP contribution is -1.92. The van der Waals surface area contributed by atoms with Crippen molar-refractivity contribution in [2.45, 2.75) is 0 Å². The van der Waals surface area contributed by atoms with Crippen LogP contribution in [0.2, 0.25) is 0 Å². The third-order valence-electron chi connectivity index (χ3n) is 4.56. The minimum Gasteiger partial charge on any atom is -0.492 e. The van der Waals surface area contributed by atoms with E-state index in [1.807, 2.05) is 60.8 Å². The minimum atomic E-state index is -0.102. The molecule has 0 saturated carbocycles. The highest BCUT2D eigenvalue weighted by molar-refractivity contribution is 6.21. The number of nitrogens with zero attached hydrogens (tertiary/aromatic N) is 3. The largest absolute Gasteiger partial charge is 0.492 e. The third-order valence-corrected chi connectivity index (χ3v) is 4.56. The van der Waals surface area contributed by atoms with E-state index >= 15 is 0 Å². The Balaban J connectivity index is 1.36. The number of anilines is 1. The Bertz CT molecular complexity index is 1260. The number of aromatic nitrogens is 3. The van der Waals surface area contributed by atoms with Crippen LogP contribution in [-0.2, 0) is 0 Å². The standard InChI is InChI=1S/C21H16N6O/c28-20-19(9-13-10-22-17-7-3-1-5-15(13)17)25-21(26-20)27-24-12-14-11-23-18-8-4-2-6-16(14)18/h1-12,23,28H,(H2,25,26,27)/b13-9+,24-12?. The molecule has 28 heavy (non-hydrogen) atoms. The Kier molecular flexibility index (Phi) is 3.76. The maximum atomic E-state index is 10.1. The van der Waals surface area contributed by atoms with Gasteiger partial charge in [-0.05, 0) is 18.2 Å². The molecule has 4 N–H and O–H groups in total. The molecule has 2 aromatic carbocycles. The van der Waals surface area contributed by atoms with Gasteiger partial charge in [0.25, 0.3) is 0 Å². The van der Waals surface area contributed by atoms with Crippen molar-refractivity contribution < 1.29 is 5.11 Å². The molecule has 0 fully saturated rings. The van der Waals surface area contributed by atoms with Gasteiger partial charge in [0, 0.05) is 40.0 Å². The van der Waals surface area contributed by atoms with E-state index in [1.165, 1.54) is 0 Å². The van der Waals surface area contributed by atoms with E-state index in [1.54, 1.807) is 12.4 Å². The van der Waals surface area contributed by atoms with E-state index < -0.39 is 0 Å². The van der Waals surface area contributed by atoms with Crippen molar-refractivity contribution in [2.75, 3.05) is 5.43 Å². The predicted molar refractivity (Wildman–Crippen MR) is 112 cm³/mol. The fourth-order valence-corrected chi connectivity index (χ4v) is 3.20. The zero-order valence-electron chi connectivity index (χ0n) is 14.7. The molecule has 1 aliphatic rings. The van der Waals surface area contributed by atoms with Crippen molar-refractivity contribution >= 4 is 46.6 Å². The molecular weight excluding hydrogens is 352 g/mol. The normalized spacial score (nSPS) is 14.4. The van der Waals surface area contributed by atoms with Crippen LogP contribution < -0.4 is 5.43 Å². The monoisotopic (exact) mass is 368 g/mol. The van der Waals surface area contributed by atoms with Gasteiger partial charge in [-0.1, -0.05) is 36.4 Å². The molecule has 0 spiro atoms. The maximum absolute atomic E-state index is 10.1. The van der Waals surface area contributed by atoms with Crippen LogP contribution in [0.3, 0.4) is 0 Å². The average Bonchev–Trinajstić information content (AvgIpc) is 3.41. The van der Waals surface area contributed by atoms with Crippen LogP contribution in [0.5, 0.6) is 5.88 Å². The number of H-pyrrole nitrogens is 2. The predicted octanol–water partition coefficient (Wildman–Crippen LogP) is 4.30. The van der Waals surface area contributed by atoms with Gasteiger partial charge in [-0.3, -0.25) is 4.99 Å². The van der Waals surface area contributed by atoms with Gasteiger partial charge in [-0.25, -0.2) is 5.43 Å². The zero-order valence-corrected chi connectivity index (χ0v) is 14.7. The number of aliphatic imine (C=N–C) groups is 1. The molecule has 7 nitrogen and oxygen atoms in total. The SMILES string of the molecule is Oc1nc(NN=Cc2c[nH]c3ccccc23)[nH]c1/C=C1\C=Nc2ccccc21. The third kappa shape index (κ3) is 2.84. The summed E-state index contributed by atoms with van der Waals surface area (Å²) in [6.45, 7) is 0. The fraction of sp³-hybridized carbons (Fsp3) is 0. The lowest BCUT2D eigenvalue weighted by molar-refractivity contribution is 0.455. The number of para-hydroxylation sites is 2. The number of hydrogen-bond donors (Lipinski definition) is 4. The Morgan fingerprint density at radius 2 is 1.93 bits per heavy atom. The molecule has 7 heteroatoms. The molecule has 0 bridgehead atoms. The van der Waals surface area contributed by atoms with Gasteiger partial charge in [-0.2, -0.15) is 10.1 Å². The number of nitrogens with one attached hydrogen (secondary N) is 3. The summed E-state index contributed by atoms with van der Waals surface area (Å²) >= 11 is 0. The van der Waals surface area contributed by atoms with Crippen LogP contribution >= 0.6 is 0 Å². The van der Waals surface area contributed by atoms with E-state index in [2.05, 4.69) is 30.5 Å². The summed E-state index contributed by atoms with van der Waals surface area (Å²) in [5, 5.41) is 15.4. The van der Waals surface area contributed by atoms with Gasteiger partial charge < -0.3 is 15.1 Å². The van der Waals surface area contributed by atoms with Crippen molar-refractivity contribution in [2.24, 2.45) is 10.1 Å². The van der Waals surface area contributed by atoms with Crippen LogP contribution in [0, 0.1) is 0 Å². The number of imidazole rings is 1. The summed E-state index contributed by atoms with van der Waals surface area (Å²) in [6, 6.07) is 15.8. The van der Waals surface area contributed by atoms with E-state index in [-0.39, 0.29) is 5.88 Å². The molecule has 0 atom stereocenters. The second-order valence-corrected chi connectivity index (χ2v) is 6.36. The molecule has 0 amide bonds. The second-order valence-electron chi connectivity index (χ2n) is 6.36. The first-order chi connectivity index (χ1) is 13.8. The summed E-state index contributed by atoms with van der Waals surface area (Å²) in [6.07, 6.45) is 7.18. The van der Waals surface area contributed by atoms with Crippen molar-refractivity contribution in [3.63, 3.8) is 0 Å². The van der Waals surface area contributed by atoms with E-state index in [9.17, 15) is 5.11 Å². The Morgan fingerprint density at radius 1 is 1.07 bits per heavy atom. The molecular formula is C21H16N6O. The van der Waals surface area contributed by atoms with E-state index in [0.717, 1.165) is 33.3 Å². The number of allylic oxidation sites excluding steroid dienone is 1. The highest BCUT2D eigenvalue weighted by Gasteiger charge is 2.13. The van der Waals surface area contributed by atoms with Crippen LogP contribution in [-0.4, -0.2) is 32.5 Å². The van der Waals surface area contributed by atoms with Crippen molar-refractivity contribution in [3.8, 4) is 5.88 Å². The van der Waals surface area contributed by atoms with Gasteiger partial charge in [0.15, 0.2) is 0 Å². The van der Waals surface area contributed by atoms with Crippen molar-refractivity contribution in [1.29, 1.82) is 0 Å². The summed E-state index contributed by atoms with van der Waals surface area (Å²) in [7, 11) is 0. The maximum Gasteiger partial charge on any atom is 0.238 e. The summed E-state index contributed by atoms with van der Waals surface area (Å²) < 4.78 is 0. The topological polar surface area (TPSA) is 101 Å². The molecule has 0 unspecified atom stereocenters. The fourth-order valence-electron chi connectivity index (χ4n) is 3.20. The number of fused-ring (bicyclic) bond motifs is 2. The molecule has 3 heterocycles. The second kappa shape index (κ2) is 6.55. The molecule has 0 saturated heterocycles. The summed E-state index contributed by atoms with van der Waals surface area (Å²) in [4.78, 5) is 14.7. The number of rotatable bonds is 4. The zero-order chi connectivity index (χ0) is 18.9. The first-order valence-electron chi connectivity index (χ1n) is 8.77. The van der Waals surface area contributed by atoms with Crippen LogP contribution in [0.25, 0.3) is 22.6 Å². The Labute approximate surface area is 160 Å². The summed E-state index contributed by atoms with van der Waals surface area (Å²) in [5.41, 5.74) is 8.15. The molecule has 5 rings (SSSR count). The molecule has 1 aliphatic heterocycles. The smallest absolute Gasteiger partial charge is 0.238 e. The first-order valence-corrected chi connectivity index (χ1v) is 8.77. The Hall–Kier alpha value is -4.13. The van der Waals surface area contributed by atoms with E-state index in [0.29, 0.717) is 11.6 Å². The lowest BCUT2D eigenvalue weighted by atomic mass is 10.1. The molecule has 2 aromatic heterocycles. The number of hydrazone groups is 1. The van der Waals surface area contributed by atoms with Gasteiger partial charge >= 0.3 is 0 Å². The average molecular weight is 368 g/mol. The van der Waals surface area contributed by atoms with Crippen LogP contribution in [0.1, 0.15) is 16.8 Å². The first kappa shape index (κ1) is 16.1. The highest BCUT2D eigenvalue weighted by atomic mass is 16.3. The number of aromatic amines is 2. The molecule has 0 aliphatic carbocycles. The van der Waals surface area contributed by atoms with Crippen LogP contribution in [0.4, 0.5) is 11.6 Å². The quantitative estimate of drug-likeness (QED) is 0.319. The molecule has 4 aromatic rings. The van der Waals surface area contributed by atoms with Gasteiger partial charge in [0.2, 0.25) is 11.8 Å². The highest BCUT2D eigenvalue weighted by Crippen LogP contribution is 2.33. The van der Waals surface area contributed by atoms with Gasteiger partial charge in [0.1, 0.15) is 5.69 Å². The van der Waals surface area contributed by atoms with Gasteiger partial charge in [0.05, 0.1) is 11.9 Å². The van der Waals surface area contributed by atoms with Crippen molar-refractivity contribution in [1.82, 2.24) is 15.0 Å². The molecule has 136 valence electrons. The lowest BCUT2D eigenvalue weighted by Gasteiger charge is -1.98. The summed E-state index contributed by atoms with van der Waals surface area (Å²) in [5.74, 6) is 0.249. The van der Waals surface area contributed by atoms with Crippen LogP contribution in [0.15, 0.2) is 64.8 Å². The number of benzene rings is 2. The van der Waals surface area contributed by atoms with E-state index in [4.69, 9.17) is 0 Å². The molecule has 0 radical (unpaired) electrons.